The molecule has 1 radical (unpaired) electrons. The van der Waals surface area contributed by atoms with Crippen molar-refractivity contribution >= 4 is 34.7 Å². The van der Waals surface area contributed by atoms with Gasteiger partial charge in [0, 0.05) is 49.4 Å². The van der Waals surface area contributed by atoms with Crippen LogP contribution in [0.3, 0.4) is 0 Å². The SMILES string of the molecule is CC(C)(C)C(=[OH+])CC(=[OH+])C(F)(F)C(F)(F)C(F)(F)F.CC(C)(C)C(=[OH+])CC(=[OH+])C(F)(F)C(F)(F)C(F)(F)F.CC(C)(C)C(=[OH+])CC(=[OH+])C(F)(F)C(F)(F)C(F)(F)F.[Eu]. The molecule has 0 aliphatic rings. The molecular weight excluding hydrogens is 1010 g/mol. The largest absolute Gasteiger partial charge is 0.460 e. The Morgan fingerprint density at radius 1 is 0.276 bits per heavy atom. The quantitative estimate of drug-likeness (QED) is 0.105. The summed E-state index contributed by atoms with van der Waals surface area (Å²) < 4.78 is 260. The first-order valence-corrected chi connectivity index (χ1v) is 14.9. The topological polar surface area (TPSA) is 128 Å². The van der Waals surface area contributed by atoms with E-state index in [4.69, 9.17) is 14.4 Å². The number of hydrogen-bond donors (Lipinski definition) is 0. The summed E-state index contributed by atoms with van der Waals surface area (Å²) in [6, 6.07) is 0. The number of rotatable bonds is 12. The van der Waals surface area contributed by atoms with Gasteiger partial charge in [-0.15, -0.1) is 0 Å². The van der Waals surface area contributed by atoms with Gasteiger partial charge >= 0.3 is 88.8 Å². The van der Waals surface area contributed by atoms with Gasteiger partial charge in [0.25, 0.3) is 0 Å². The number of ketones is 6. The summed E-state index contributed by atoms with van der Waals surface area (Å²) in [5.41, 5.74) is -3.47. The summed E-state index contributed by atoms with van der Waals surface area (Å²) >= 11 is 0. The van der Waals surface area contributed by atoms with Crippen molar-refractivity contribution in [3.63, 3.8) is 0 Å². The smallest absolute Gasteiger partial charge is 0.282 e. The standard InChI is InChI=1S/3C10H11F7O2.Eu/c3*1-7(2,3)5(18)4-6(19)8(11,12)9(13,14)10(15,16)17;/h3*4H2,1-3H3;/p+6. The molecule has 0 rings (SSSR count). The van der Waals surface area contributed by atoms with Crippen molar-refractivity contribution in [3.8, 4) is 0 Å². The van der Waals surface area contributed by atoms with Crippen LogP contribution < -0.4 is 0 Å². The molecule has 0 atom stereocenters. The van der Waals surface area contributed by atoms with E-state index in [-0.39, 0.29) is 49.4 Å². The average molecular weight is 1050 g/mol. The van der Waals surface area contributed by atoms with Crippen LogP contribution in [0, 0.1) is 65.6 Å². The van der Waals surface area contributed by atoms with Crippen molar-refractivity contribution in [2.24, 2.45) is 16.2 Å². The maximum atomic E-state index is 13.0. The van der Waals surface area contributed by atoms with Crippen LogP contribution in [0.1, 0.15) is 81.6 Å². The maximum Gasteiger partial charge on any atom is 0.460 e. The van der Waals surface area contributed by atoms with Gasteiger partial charge in [-0.2, -0.15) is 92.2 Å². The molecule has 0 amide bonds. The van der Waals surface area contributed by atoms with E-state index in [1.807, 2.05) is 0 Å². The molecule has 0 aromatic rings. The molecule has 0 bridgehead atoms. The summed E-state index contributed by atoms with van der Waals surface area (Å²) in [4.78, 5) is 54.2. The van der Waals surface area contributed by atoms with Gasteiger partial charge in [-0.1, -0.05) is 0 Å². The predicted molar refractivity (Wildman–Crippen MR) is 162 cm³/mol. The Bertz CT molecular complexity index is 1310. The molecule has 6 nitrogen and oxygen atoms in total. The van der Waals surface area contributed by atoms with Crippen molar-refractivity contribution in [2.75, 3.05) is 0 Å². The van der Waals surface area contributed by atoms with E-state index in [9.17, 15) is 107 Å². The number of hydrogen-bond acceptors (Lipinski definition) is 0. The molecule has 0 fully saturated rings. The number of carbonyl (C=O) groups excluding carboxylic acids is 6. The maximum absolute atomic E-state index is 13.0. The average Bonchev–Trinajstić information content (AvgIpc) is 2.93. The van der Waals surface area contributed by atoms with Crippen LogP contribution in [0.25, 0.3) is 0 Å². The molecule has 0 aliphatic carbocycles. The van der Waals surface area contributed by atoms with Gasteiger partial charge < -0.3 is 0 Å². The van der Waals surface area contributed by atoms with Gasteiger partial charge in [-0.25, -0.2) is 0 Å². The third-order valence-corrected chi connectivity index (χ3v) is 6.94. The molecule has 0 unspecified atom stereocenters. The molecule has 0 aromatic carbocycles. The van der Waals surface area contributed by atoms with E-state index in [2.05, 4.69) is 0 Å². The third kappa shape index (κ3) is 15.2. The van der Waals surface area contributed by atoms with Gasteiger partial charge in [-0.05, 0) is 62.3 Å². The van der Waals surface area contributed by atoms with Crippen LogP contribution in [-0.2, 0) is 0 Å². The predicted octanol–water partition coefficient (Wildman–Crippen LogP) is 10.0. The first kappa shape index (κ1) is 62.8. The zero-order valence-electron chi connectivity index (χ0n) is 31.1. The van der Waals surface area contributed by atoms with Crippen LogP contribution in [0.5, 0.6) is 0 Å². The second-order valence-electron chi connectivity index (χ2n) is 14.9. The van der Waals surface area contributed by atoms with Gasteiger partial charge in [0.2, 0.25) is 0 Å². The van der Waals surface area contributed by atoms with Gasteiger partial charge in [0.05, 0.1) is 16.2 Å². The summed E-state index contributed by atoms with van der Waals surface area (Å²) in [6.45, 7) is 11.7. The summed E-state index contributed by atoms with van der Waals surface area (Å²) in [5, 5.41) is 0. The van der Waals surface area contributed by atoms with Gasteiger partial charge in [0.1, 0.15) is 0 Å². The normalized spacial score (nSPS) is 14.2. The molecule has 0 aliphatic heterocycles. The second kappa shape index (κ2) is 19.5. The zero-order valence-corrected chi connectivity index (χ0v) is 33.5. The zero-order chi connectivity index (χ0) is 47.6. The van der Waals surface area contributed by atoms with E-state index in [1.54, 1.807) is 0 Å². The van der Waals surface area contributed by atoms with Crippen molar-refractivity contribution in [1.82, 2.24) is 0 Å². The molecular formula is C30H39EuF21O6+6. The Balaban J connectivity index is -0.000000374. The minimum absolute atomic E-state index is 0. The van der Waals surface area contributed by atoms with Crippen LogP contribution in [0.4, 0.5) is 92.2 Å². The first-order valence-electron chi connectivity index (χ1n) is 14.9. The summed E-state index contributed by atoms with van der Waals surface area (Å²) in [5.74, 6) is -46.6. The fourth-order valence-electron chi connectivity index (χ4n) is 2.68. The van der Waals surface area contributed by atoms with Crippen LogP contribution in [0.2, 0.25) is 0 Å². The molecule has 0 saturated carbocycles. The molecule has 0 saturated heterocycles. The van der Waals surface area contributed by atoms with Crippen molar-refractivity contribution < 1.29 is 170 Å². The molecule has 0 heterocycles. The first-order chi connectivity index (χ1) is 24.1. The third-order valence-electron chi connectivity index (χ3n) is 6.94. The number of alkyl halides is 21. The van der Waals surface area contributed by atoms with Gasteiger partial charge in [0.15, 0.2) is 19.3 Å². The molecule has 6 N–H and O–H groups in total. The van der Waals surface area contributed by atoms with E-state index in [0.29, 0.717) is 0 Å². The molecule has 0 spiro atoms. The molecule has 343 valence electrons. The number of halogens is 21. The Labute approximate surface area is 355 Å². The fraction of sp³-hybridized carbons (Fsp3) is 0.800. The monoisotopic (exact) mass is 1050 g/mol. The van der Waals surface area contributed by atoms with Gasteiger partial charge in [-0.3, -0.25) is 28.8 Å². The Morgan fingerprint density at radius 2 is 0.397 bits per heavy atom. The second-order valence-corrected chi connectivity index (χ2v) is 14.9. The molecule has 58 heavy (non-hydrogen) atoms. The van der Waals surface area contributed by atoms with Crippen molar-refractivity contribution in [1.29, 1.82) is 0 Å². The van der Waals surface area contributed by atoms with Crippen molar-refractivity contribution in [2.45, 2.75) is 136 Å². The van der Waals surface area contributed by atoms with E-state index in [0.717, 1.165) is 0 Å². The van der Waals surface area contributed by atoms with Crippen LogP contribution in [-0.4, -0.2) is 118 Å². The minimum atomic E-state index is -6.53. The fourth-order valence-corrected chi connectivity index (χ4v) is 2.68. The molecule has 28 heteroatoms. The Kier molecular flexibility index (Phi) is 21.1. The van der Waals surface area contributed by atoms with Crippen LogP contribution in [0.15, 0.2) is 0 Å². The Hall–Kier alpha value is -1.87. The minimum Gasteiger partial charge on any atom is -0.282 e. The van der Waals surface area contributed by atoms with E-state index in [1.165, 1.54) is 62.3 Å². The van der Waals surface area contributed by atoms with E-state index >= 15 is 0 Å². The van der Waals surface area contributed by atoms with E-state index < -0.39 is 124 Å². The van der Waals surface area contributed by atoms with Crippen LogP contribution >= 0.6 is 0 Å². The summed E-state index contributed by atoms with van der Waals surface area (Å²) in [7, 11) is 0. The van der Waals surface area contributed by atoms with Crippen molar-refractivity contribution in [3.05, 3.63) is 0 Å². The Morgan fingerprint density at radius 3 is 0.483 bits per heavy atom. The molecule has 0 aromatic heterocycles. The summed E-state index contributed by atoms with van der Waals surface area (Å²) in [6.07, 6.45) is -24.0.